The molecule has 0 radical (unpaired) electrons. The number of rotatable bonds is 6. The molecule has 4 aliphatic carbocycles. The average molecular weight is 791 g/mol. The second kappa shape index (κ2) is 13.6. The minimum atomic E-state index is -1.92. The predicted octanol–water partition coefficient (Wildman–Crippen LogP) is 6.04. The Morgan fingerprint density at radius 1 is 1.02 bits per heavy atom. The third kappa shape index (κ3) is 5.49. The van der Waals surface area contributed by atoms with Gasteiger partial charge in [0.1, 0.15) is 45.5 Å². The van der Waals surface area contributed by atoms with Crippen LogP contribution in [0, 0.1) is 5.41 Å². The Balaban J connectivity index is 1.40. The number of hydrogen-bond donors (Lipinski definition) is 7. The number of aliphatic hydroxyl groups is 3. The molecule has 294 valence electrons. The molecule has 55 heavy (non-hydrogen) atoms. The van der Waals surface area contributed by atoms with E-state index in [0.29, 0.717) is 58.7 Å². The first-order chi connectivity index (χ1) is 26.5. The molecule has 2 aliphatic heterocycles. The molecule has 2 aromatic carbocycles. The van der Waals surface area contributed by atoms with Gasteiger partial charge in [0.05, 0.1) is 29.6 Å². The number of aliphatic hydroxyl groups excluding tert-OH is 1. The summed E-state index contributed by atoms with van der Waals surface area (Å²) >= 11 is 0. The van der Waals surface area contributed by atoms with Crippen LogP contribution in [0.3, 0.4) is 0 Å². The summed E-state index contributed by atoms with van der Waals surface area (Å²) in [4.78, 5) is 20.7. The summed E-state index contributed by atoms with van der Waals surface area (Å²) in [6.45, 7) is 1.38. The SMILES string of the molecule is C[C@]1(O)CCC[C@H]2c3c(c4c5oc6c(c(=O)c5c3OC3CCCC3)[C@@H](c3ccc(NO)cc3)C=C[C@@]6(O)C3(CCCC3)[C@@](CO)(N=C(N)N)CSSC4)O[C@@H]21. The van der Waals surface area contributed by atoms with Gasteiger partial charge in [0.15, 0.2) is 5.96 Å². The number of nitrogens with one attached hydrogen (secondary N) is 1. The van der Waals surface area contributed by atoms with Gasteiger partial charge in [-0.3, -0.25) is 15.5 Å². The molecule has 0 saturated heterocycles. The lowest BCUT2D eigenvalue weighted by atomic mass is 9.56. The zero-order valence-corrected chi connectivity index (χ0v) is 32.6. The van der Waals surface area contributed by atoms with E-state index < -0.39 is 40.8 Å². The lowest BCUT2D eigenvalue weighted by molar-refractivity contribution is -0.114. The van der Waals surface area contributed by atoms with Crippen LogP contribution in [0.2, 0.25) is 0 Å². The fourth-order valence-electron chi connectivity index (χ4n) is 11.0. The molecule has 6 aliphatic rings. The first-order valence-corrected chi connectivity index (χ1v) is 22.1. The van der Waals surface area contributed by atoms with Crippen molar-refractivity contribution in [2.75, 3.05) is 17.8 Å². The zero-order valence-electron chi connectivity index (χ0n) is 31.0. The molecular formula is C41H50N4O8S2. The highest BCUT2D eigenvalue weighted by atomic mass is 33.1. The Kier molecular flexibility index (Phi) is 9.21. The monoisotopic (exact) mass is 790 g/mol. The van der Waals surface area contributed by atoms with Crippen LogP contribution in [0.15, 0.2) is 50.6 Å². The van der Waals surface area contributed by atoms with Crippen molar-refractivity contribution in [2.24, 2.45) is 21.9 Å². The molecule has 1 aromatic heterocycles. The number of anilines is 1. The summed E-state index contributed by atoms with van der Waals surface area (Å²) in [7, 11) is 3.03. The van der Waals surface area contributed by atoms with Crippen LogP contribution in [0.5, 0.6) is 11.5 Å². The zero-order chi connectivity index (χ0) is 38.3. The quantitative estimate of drug-likeness (QED) is 0.0501. The molecule has 1 spiro atoms. The van der Waals surface area contributed by atoms with Gasteiger partial charge in [-0.2, -0.15) is 0 Å². The molecule has 9 N–H and O–H groups in total. The normalized spacial score (nSPS) is 32.2. The highest BCUT2D eigenvalue weighted by molar-refractivity contribution is 8.76. The van der Waals surface area contributed by atoms with Crippen LogP contribution in [0.1, 0.15) is 117 Å². The number of allylic oxidation sites excluding steroid dienone is 1. The van der Waals surface area contributed by atoms with Gasteiger partial charge in [0, 0.05) is 39.9 Å². The van der Waals surface area contributed by atoms with E-state index >= 15 is 4.79 Å². The van der Waals surface area contributed by atoms with Gasteiger partial charge in [-0.15, -0.1) is 0 Å². The van der Waals surface area contributed by atoms with Crippen molar-refractivity contribution in [1.29, 1.82) is 0 Å². The Hall–Kier alpha value is -3.40. The molecule has 0 amide bonds. The minimum absolute atomic E-state index is 0.0959. The van der Waals surface area contributed by atoms with E-state index in [2.05, 4.69) is 5.48 Å². The Bertz CT molecular complexity index is 2120. The molecule has 14 heteroatoms. The molecular weight excluding hydrogens is 741 g/mol. The third-order valence-electron chi connectivity index (χ3n) is 13.6. The second-order valence-electron chi connectivity index (χ2n) is 16.7. The summed E-state index contributed by atoms with van der Waals surface area (Å²) in [6, 6.07) is 7.12. The lowest BCUT2D eigenvalue weighted by Gasteiger charge is -2.54. The van der Waals surface area contributed by atoms with Crippen LogP contribution in [-0.2, 0) is 11.4 Å². The fraction of sp³-hybridized carbons (Fsp3) is 0.561. The first kappa shape index (κ1) is 37.2. The number of ether oxygens (including phenoxy) is 2. The van der Waals surface area contributed by atoms with E-state index in [9.17, 15) is 20.5 Å². The molecule has 0 unspecified atom stereocenters. The van der Waals surface area contributed by atoms with Gasteiger partial charge >= 0.3 is 0 Å². The van der Waals surface area contributed by atoms with Crippen molar-refractivity contribution in [3.8, 4) is 11.5 Å². The third-order valence-corrected chi connectivity index (χ3v) is 16.0. The largest absolute Gasteiger partial charge is 0.489 e. The summed E-state index contributed by atoms with van der Waals surface area (Å²) in [5.41, 5.74) is 11.9. The maximum absolute atomic E-state index is 15.9. The van der Waals surface area contributed by atoms with E-state index in [1.165, 1.54) is 21.6 Å². The van der Waals surface area contributed by atoms with Crippen LogP contribution in [0.25, 0.3) is 11.0 Å². The van der Waals surface area contributed by atoms with Crippen LogP contribution >= 0.6 is 21.6 Å². The first-order valence-electron chi connectivity index (χ1n) is 19.6. The summed E-state index contributed by atoms with van der Waals surface area (Å²) in [6.07, 6.45) is 11.3. The molecule has 9 rings (SSSR count). The predicted molar refractivity (Wildman–Crippen MR) is 214 cm³/mol. The number of fused-ring (bicyclic) bond motifs is 5. The number of nitrogens with two attached hydrogens (primary N) is 2. The summed E-state index contributed by atoms with van der Waals surface area (Å²) < 4.78 is 21.1. The molecule has 6 atom stereocenters. The van der Waals surface area contributed by atoms with Gasteiger partial charge in [0.2, 0.25) is 5.43 Å². The molecule has 3 fully saturated rings. The average Bonchev–Trinajstić information content (AvgIpc) is 3.96. The van der Waals surface area contributed by atoms with Gasteiger partial charge in [-0.1, -0.05) is 52.6 Å². The summed E-state index contributed by atoms with van der Waals surface area (Å²) in [5.74, 6) is 0.741. The van der Waals surface area contributed by atoms with E-state index in [4.69, 9.17) is 30.4 Å². The number of aliphatic imine (C=N–C) groups is 1. The molecule has 3 heterocycles. The highest BCUT2D eigenvalue weighted by Gasteiger charge is 2.66. The van der Waals surface area contributed by atoms with Crippen molar-refractivity contribution in [1.82, 2.24) is 0 Å². The van der Waals surface area contributed by atoms with Crippen molar-refractivity contribution >= 4 is 44.2 Å². The van der Waals surface area contributed by atoms with Gasteiger partial charge < -0.3 is 40.7 Å². The van der Waals surface area contributed by atoms with Gasteiger partial charge in [0.25, 0.3) is 0 Å². The molecule has 3 aromatic rings. The van der Waals surface area contributed by atoms with Crippen molar-refractivity contribution in [3.63, 3.8) is 0 Å². The number of guanidine groups is 1. The highest BCUT2D eigenvalue weighted by Crippen LogP contribution is 2.64. The van der Waals surface area contributed by atoms with Gasteiger partial charge in [-0.05, 0) is 88.5 Å². The standard InChI is InChI=1S/C41H50N4O8S2/c1-38(48)15-6-9-26-29-32(52-35(26)38)27-19-54-55-21-40(20-46,44-37(42)43)39(16-4-5-17-39)41(49)18-14-25(22-10-12-23(45-50)13-11-22)28-31(47)30(33(27)53-36(28)41)34(29)51-24-7-2-3-8-24/h10-14,18,24-26,35,45-46,48-50H,2-9,15-17,19-21H2,1H3,(H4,42,43,44)/t25-,26+,35+,38+,40+,41+/m1/s1. The Morgan fingerprint density at radius 2 is 1.76 bits per heavy atom. The minimum Gasteiger partial charge on any atom is -0.489 e. The van der Waals surface area contributed by atoms with Gasteiger partial charge in [-0.25, -0.2) is 4.99 Å². The Morgan fingerprint density at radius 3 is 2.45 bits per heavy atom. The molecule has 2 bridgehead atoms. The number of hydrogen-bond acceptors (Lipinski definition) is 12. The summed E-state index contributed by atoms with van der Waals surface area (Å²) in [5, 5.41) is 46.7. The van der Waals surface area contributed by atoms with E-state index in [1.54, 1.807) is 18.2 Å². The number of nitrogens with zero attached hydrogens (tertiary/aromatic N) is 1. The maximum atomic E-state index is 15.9. The van der Waals surface area contributed by atoms with E-state index in [0.717, 1.165) is 62.5 Å². The van der Waals surface area contributed by atoms with Crippen LogP contribution in [-0.4, -0.2) is 62.2 Å². The van der Waals surface area contributed by atoms with E-state index in [-0.39, 0.29) is 40.5 Å². The van der Waals surface area contributed by atoms with Crippen LogP contribution in [0.4, 0.5) is 5.69 Å². The van der Waals surface area contributed by atoms with E-state index in [1.807, 2.05) is 25.1 Å². The maximum Gasteiger partial charge on any atom is 0.201 e. The topological polar surface area (TPSA) is 206 Å². The fourth-order valence-corrected chi connectivity index (χ4v) is 13.6. The Labute approximate surface area is 327 Å². The van der Waals surface area contributed by atoms with Crippen molar-refractivity contribution in [3.05, 3.63) is 74.7 Å². The van der Waals surface area contributed by atoms with Crippen molar-refractivity contribution in [2.45, 2.75) is 124 Å². The van der Waals surface area contributed by atoms with Crippen molar-refractivity contribution < 1.29 is 34.4 Å². The number of benzene rings is 2. The van der Waals surface area contributed by atoms with Crippen LogP contribution < -0.4 is 31.8 Å². The smallest absolute Gasteiger partial charge is 0.201 e. The lowest BCUT2D eigenvalue weighted by Crippen LogP contribution is -2.62. The second-order valence-corrected chi connectivity index (χ2v) is 19.2. The molecule has 3 saturated carbocycles. The molecule has 12 nitrogen and oxygen atoms in total.